The van der Waals surface area contributed by atoms with Gasteiger partial charge in [0, 0.05) is 30.8 Å². The molecule has 1 heterocycles. The van der Waals surface area contributed by atoms with Crippen LogP contribution < -0.4 is 0 Å². The normalized spacial score (nSPS) is 37.3. The summed E-state index contributed by atoms with van der Waals surface area (Å²) in [4.78, 5) is 35.8. The van der Waals surface area contributed by atoms with Crippen LogP contribution in [-0.2, 0) is 23.9 Å². The van der Waals surface area contributed by atoms with Crippen LogP contribution in [0.3, 0.4) is 0 Å². The average molecular weight is 304 g/mol. The van der Waals surface area contributed by atoms with Crippen molar-refractivity contribution >= 4 is 17.7 Å². The first-order valence-corrected chi connectivity index (χ1v) is 7.61. The minimum absolute atomic E-state index is 0.0159. The number of ketones is 1. The summed E-state index contributed by atoms with van der Waals surface area (Å²) in [7, 11) is 0. The molecule has 118 valence electrons. The maximum absolute atomic E-state index is 12.3. The summed E-state index contributed by atoms with van der Waals surface area (Å²) >= 11 is 0. The maximum atomic E-state index is 12.3. The van der Waals surface area contributed by atoms with Gasteiger partial charge in [-0.05, 0) is 19.9 Å². The van der Waals surface area contributed by atoms with E-state index in [0.29, 0.717) is 12.0 Å². The van der Waals surface area contributed by atoms with E-state index in [0.717, 1.165) is 11.1 Å². The molecule has 3 rings (SSSR count). The number of fused-ring (bicyclic) bond motifs is 3. The predicted molar refractivity (Wildman–Crippen MR) is 77.7 cm³/mol. The Hall–Kier alpha value is -1.91. The molecule has 3 aliphatic rings. The van der Waals surface area contributed by atoms with Crippen molar-refractivity contribution in [2.45, 2.75) is 46.3 Å². The first-order valence-electron chi connectivity index (χ1n) is 7.61. The lowest BCUT2D eigenvalue weighted by Crippen LogP contribution is -2.37. The Bertz CT molecular complexity index is 627. The van der Waals surface area contributed by atoms with Gasteiger partial charge in [0.05, 0.1) is 5.92 Å². The standard InChI is InChI=1S/C17H20O5/c1-7-5-11(19)13-8(2)6-12(21-10(4)18)15-9(3)17(20)22-16(15)14(7)13/h5,9,12,14-16H,6H2,1-4H3/t9?,12-,14?,15?,16+/m0/s1. The highest BCUT2D eigenvalue weighted by Gasteiger charge is 2.55. The molecule has 22 heavy (non-hydrogen) atoms. The van der Waals surface area contributed by atoms with Crippen LogP contribution in [-0.4, -0.2) is 29.9 Å². The molecule has 0 saturated carbocycles. The molecule has 1 saturated heterocycles. The molecule has 0 spiro atoms. The van der Waals surface area contributed by atoms with Gasteiger partial charge in [0.15, 0.2) is 5.78 Å². The zero-order chi connectivity index (χ0) is 16.2. The highest BCUT2D eigenvalue weighted by atomic mass is 16.6. The van der Waals surface area contributed by atoms with Crippen molar-refractivity contribution in [2.75, 3.05) is 0 Å². The Morgan fingerprint density at radius 3 is 2.64 bits per heavy atom. The van der Waals surface area contributed by atoms with Gasteiger partial charge in [-0.3, -0.25) is 14.4 Å². The van der Waals surface area contributed by atoms with Gasteiger partial charge >= 0.3 is 11.9 Å². The van der Waals surface area contributed by atoms with Gasteiger partial charge in [-0.25, -0.2) is 0 Å². The number of rotatable bonds is 1. The van der Waals surface area contributed by atoms with E-state index in [4.69, 9.17) is 9.47 Å². The summed E-state index contributed by atoms with van der Waals surface area (Å²) in [5, 5.41) is 0. The van der Waals surface area contributed by atoms with Crippen LogP contribution in [0.15, 0.2) is 22.8 Å². The van der Waals surface area contributed by atoms with Crippen LogP contribution >= 0.6 is 0 Å². The summed E-state index contributed by atoms with van der Waals surface area (Å²) in [6.07, 6.45) is 1.24. The number of hydrogen-bond donors (Lipinski definition) is 0. The molecule has 5 heteroatoms. The third kappa shape index (κ3) is 2.11. The molecule has 3 unspecified atom stereocenters. The lowest BCUT2D eigenvalue weighted by atomic mass is 9.79. The van der Waals surface area contributed by atoms with Crippen LogP contribution in [0, 0.1) is 17.8 Å². The van der Waals surface area contributed by atoms with Crippen LogP contribution in [0.1, 0.15) is 34.1 Å². The van der Waals surface area contributed by atoms with Crippen molar-refractivity contribution in [1.82, 2.24) is 0 Å². The number of ether oxygens (including phenoxy) is 2. The van der Waals surface area contributed by atoms with Crippen LogP contribution in [0.2, 0.25) is 0 Å². The highest BCUT2D eigenvalue weighted by molar-refractivity contribution is 6.09. The number of carbonyl (C=O) groups excluding carboxylic acids is 3. The van der Waals surface area contributed by atoms with E-state index < -0.39 is 12.2 Å². The number of esters is 2. The molecule has 5 nitrogen and oxygen atoms in total. The molecule has 0 amide bonds. The van der Waals surface area contributed by atoms with E-state index in [2.05, 4.69) is 0 Å². The fourth-order valence-corrected chi connectivity index (χ4v) is 4.12. The minimum Gasteiger partial charge on any atom is -0.462 e. The van der Waals surface area contributed by atoms with E-state index >= 15 is 0 Å². The fraction of sp³-hybridized carbons (Fsp3) is 0.588. The lowest BCUT2D eigenvalue weighted by Gasteiger charge is -2.29. The minimum atomic E-state index is -0.429. The third-order valence-corrected chi connectivity index (χ3v) is 5.05. The van der Waals surface area contributed by atoms with Crippen molar-refractivity contribution in [2.24, 2.45) is 17.8 Å². The van der Waals surface area contributed by atoms with Crippen LogP contribution in [0.25, 0.3) is 0 Å². The van der Waals surface area contributed by atoms with Crippen molar-refractivity contribution in [3.63, 3.8) is 0 Å². The Labute approximate surface area is 129 Å². The molecule has 2 aliphatic carbocycles. The molecule has 1 aliphatic heterocycles. The monoisotopic (exact) mass is 304 g/mol. The average Bonchev–Trinajstić information content (AvgIpc) is 2.81. The molecule has 0 aromatic rings. The molecule has 0 N–H and O–H groups in total. The summed E-state index contributed by atoms with van der Waals surface area (Å²) in [6.45, 7) is 6.96. The molecule has 5 atom stereocenters. The lowest BCUT2D eigenvalue weighted by molar-refractivity contribution is -0.150. The fourth-order valence-electron chi connectivity index (χ4n) is 4.12. The number of carbonyl (C=O) groups is 3. The third-order valence-electron chi connectivity index (χ3n) is 5.05. The Morgan fingerprint density at radius 2 is 2.00 bits per heavy atom. The quantitative estimate of drug-likeness (QED) is 0.693. The van der Waals surface area contributed by atoms with Crippen molar-refractivity contribution in [3.8, 4) is 0 Å². The first-order chi connectivity index (χ1) is 10.3. The van der Waals surface area contributed by atoms with Gasteiger partial charge in [0.25, 0.3) is 0 Å². The van der Waals surface area contributed by atoms with Crippen LogP contribution in [0.5, 0.6) is 0 Å². The Kier molecular flexibility index (Phi) is 3.46. The molecular weight excluding hydrogens is 284 g/mol. The topological polar surface area (TPSA) is 69.7 Å². The zero-order valence-electron chi connectivity index (χ0n) is 13.2. The van der Waals surface area contributed by atoms with E-state index in [1.54, 1.807) is 13.0 Å². The van der Waals surface area contributed by atoms with Crippen molar-refractivity contribution in [1.29, 1.82) is 0 Å². The maximum Gasteiger partial charge on any atom is 0.309 e. The largest absolute Gasteiger partial charge is 0.462 e. The smallest absolute Gasteiger partial charge is 0.309 e. The SMILES string of the molecule is CC(=O)O[C@H]1CC(C)=C2C(=O)C=C(C)C2[C@H]2OC(=O)C(C)C21. The van der Waals surface area contributed by atoms with Gasteiger partial charge in [0.1, 0.15) is 12.2 Å². The summed E-state index contributed by atoms with van der Waals surface area (Å²) < 4.78 is 11.1. The molecule has 0 radical (unpaired) electrons. The van der Waals surface area contributed by atoms with E-state index in [1.165, 1.54) is 6.92 Å². The Balaban J connectivity index is 2.08. The summed E-state index contributed by atoms with van der Waals surface area (Å²) in [5.41, 5.74) is 2.55. The second-order valence-corrected chi connectivity index (χ2v) is 6.54. The molecule has 0 aromatic heterocycles. The first kappa shape index (κ1) is 15.0. The van der Waals surface area contributed by atoms with Crippen molar-refractivity contribution < 1.29 is 23.9 Å². The molecule has 1 fully saturated rings. The van der Waals surface area contributed by atoms with Gasteiger partial charge in [0.2, 0.25) is 0 Å². The van der Waals surface area contributed by atoms with Gasteiger partial charge in [-0.2, -0.15) is 0 Å². The highest BCUT2D eigenvalue weighted by Crippen LogP contribution is 2.48. The summed E-state index contributed by atoms with van der Waals surface area (Å²) in [5.74, 6) is -1.44. The number of allylic oxidation sites excluding steroid dienone is 1. The second-order valence-electron chi connectivity index (χ2n) is 6.54. The number of hydrogen-bond acceptors (Lipinski definition) is 5. The van der Waals surface area contributed by atoms with Gasteiger partial charge in [-0.1, -0.05) is 18.1 Å². The van der Waals surface area contributed by atoms with E-state index in [9.17, 15) is 14.4 Å². The summed E-state index contributed by atoms with van der Waals surface area (Å²) in [6, 6.07) is 0. The molecule has 0 aromatic carbocycles. The molecular formula is C17H20O5. The molecule has 0 bridgehead atoms. The Morgan fingerprint density at radius 1 is 1.32 bits per heavy atom. The predicted octanol–water partition coefficient (Wildman–Crippen LogP) is 1.96. The van der Waals surface area contributed by atoms with Crippen LogP contribution in [0.4, 0.5) is 0 Å². The second kappa shape index (κ2) is 5.07. The van der Waals surface area contributed by atoms with Gasteiger partial charge in [-0.15, -0.1) is 0 Å². The van der Waals surface area contributed by atoms with E-state index in [-0.39, 0.29) is 35.5 Å². The van der Waals surface area contributed by atoms with Gasteiger partial charge < -0.3 is 9.47 Å². The van der Waals surface area contributed by atoms with E-state index in [1.807, 2.05) is 13.8 Å². The van der Waals surface area contributed by atoms with Crippen molar-refractivity contribution in [3.05, 3.63) is 22.8 Å². The zero-order valence-corrected chi connectivity index (χ0v) is 13.2.